The monoisotopic (exact) mass is 445 g/mol. The number of alkyl halides is 3. The molecule has 5 nitrogen and oxygen atoms in total. The van der Waals surface area contributed by atoms with Gasteiger partial charge in [0.05, 0.1) is 4.90 Å². The van der Waals surface area contributed by atoms with E-state index in [1.807, 2.05) is 5.10 Å². The predicted octanol–water partition coefficient (Wildman–Crippen LogP) is 4.17. The number of nitrogens with two attached hydrogens (primary N) is 1. The van der Waals surface area contributed by atoms with E-state index in [4.69, 9.17) is 5.14 Å². The van der Waals surface area contributed by atoms with Crippen molar-refractivity contribution in [3.8, 4) is 22.4 Å². The Kier molecular flexibility index (Phi) is 4.67. The molecule has 0 spiro atoms. The van der Waals surface area contributed by atoms with E-state index in [9.17, 15) is 21.6 Å². The van der Waals surface area contributed by atoms with Gasteiger partial charge in [0, 0.05) is 15.6 Å². The zero-order valence-corrected chi connectivity index (χ0v) is 15.3. The first-order chi connectivity index (χ1) is 12.1. The van der Waals surface area contributed by atoms with Crippen LogP contribution in [0.25, 0.3) is 22.4 Å². The Morgan fingerprint density at radius 3 is 2.00 bits per heavy atom. The third kappa shape index (κ3) is 3.67. The molecule has 10 heteroatoms. The Morgan fingerprint density at radius 2 is 1.50 bits per heavy atom. The smallest absolute Gasteiger partial charge is 0.272 e. The van der Waals surface area contributed by atoms with Gasteiger partial charge in [0.1, 0.15) is 11.4 Å². The maximum Gasteiger partial charge on any atom is 0.433 e. The van der Waals surface area contributed by atoms with Crippen LogP contribution in [0.5, 0.6) is 0 Å². The van der Waals surface area contributed by atoms with Gasteiger partial charge in [0.25, 0.3) is 0 Å². The maximum atomic E-state index is 13.4. The number of nitrogens with zero attached hydrogens (tertiary/aromatic N) is 1. The van der Waals surface area contributed by atoms with Gasteiger partial charge in [-0.2, -0.15) is 18.3 Å². The van der Waals surface area contributed by atoms with Crippen LogP contribution in [0.2, 0.25) is 0 Å². The number of benzene rings is 2. The molecule has 0 radical (unpaired) electrons. The molecule has 1 aromatic heterocycles. The molecule has 0 saturated heterocycles. The second-order valence-electron chi connectivity index (χ2n) is 5.40. The van der Waals surface area contributed by atoms with Crippen LogP contribution in [0.3, 0.4) is 0 Å². The number of halogens is 4. The molecular weight excluding hydrogens is 435 g/mol. The summed E-state index contributed by atoms with van der Waals surface area (Å²) in [6, 6.07) is 11.5. The third-order valence-electron chi connectivity index (χ3n) is 3.64. The predicted molar refractivity (Wildman–Crippen MR) is 93.5 cm³/mol. The molecule has 3 N–H and O–H groups in total. The summed E-state index contributed by atoms with van der Waals surface area (Å²) in [5.41, 5.74) is -0.402. The molecule has 0 fully saturated rings. The zero-order valence-electron chi connectivity index (χ0n) is 12.9. The lowest BCUT2D eigenvalue weighted by Crippen LogP contribution is -2.11. The van der Waals surface area contributed by atoms with Gasteiger partial charge in [0.2, 0.25) is 10.0 Å². The lowest BCUT2D eigenvalue weighted by Gasteiger charge is -2.10. The molecule has 2 aromatic carbocycles. The van der Waals surface area contributed by atoms with E-state index >= 15 is 0 Å². The molecule has 0 atom stereocenters. The number of sulfonamides is 1. The topological polar surface area (TPSA) is 88.8 Å². The van der Waals surface area contributed by atoms with Crippen molar-refractivity contribution in [1.82, 2.24) is 10.2 Å². The summed E-state index contributed by atoms with van der Waals surface area (Å²) < 4.78 is 63.6. The second-order valence-corrected chi connectivity index (χ2v) is 7.87. The minimum absolute atomic E-state index is 0.0561. The first kappa shape index (κ1) is 18.6. The van der Waals surface area contributed by atoms with Crippen LogP contribution in [-0.4, -0.2) is 18.6 Å². The van der Waals surface area contributed by atoms with Gasteiger partial charge in [0.15, 0.2) is 0 Å². The first-order valence-electron chi connectivity index (χ1n) is 7.12. The van der Waals surface area contributed by atoms with Gasteiger partial charge in [-0.1, -0.05) is 40.2 Å². The van der Waals surface area contributed by atoms with E-state index in [2.05, 4.69) is 21.0 Å². The van der Waals surface area contributed by atoms with Crippen LogP contribution in [0, 0.1) is 0 Å². The lowest BCUT2D eigenvalue weighted by atomic mass is 9.99. The number of rotatable bonds is 3. The summed E-state index contributed by atoms with van der Waals surface area (Å²) in [6.07, 6.45) is -4.63. The van der Waals surface area contributed by atoms with Crippen molar-refractivity contribution in [1.29, 1.82) is 0 Å². The summed E-state index contributed by atoms with van der Waals surface area (Å²) in [6.45, 7) is 0. The number of aromatic nitrogens is 2. The van der Waals surface area contributed by atoms with Crippen molar-refractivity contribution in [2.75, 3.05) is 0 Å². The minimum atomic E-state index is -4.63. The maximum absolute atomic E-state index is 13.4. The quantitative estimate of drug-likeness (QED) is 0.633. The van der Waals surface area contributed by atoms with Crippen LogP contribution in [-0.2, 0) is 16.2 Å². The van der Waals surface area contributed by atoms with E-state index in [0.717, 1.165) is 4.47 Å². The highest BCUT2D eigenvalue weighted by Gasteiger charge is 2.38. The number of nitrogens with one attached hydrogen (secondary N) is 1. The molecule has 0 amide bonds. The normalized spacial score (nSPS) is 12.3. The second kappa shape index (κ2) is 6.53. The van der Waals surface area contributed by atoms with E-state index in [0.29, 0.717) is 11.1 Å². The van der Waals surface area contributed by atoms with Crippen LogP contribution in [0.15, 0.2) is 57.9 Å². The SMILES string of the molecule is NS(=O)(=O)c1ccc(-c2n[nH]c(C(F)(F)F)c2-c2ccc(Br)cc2)cc1. The highest BCUT2D eigenvalue weighted by molar-refractivity contribution is 9.10. The van der Waals surface area contributed by atoms with E-state index in [1.54, 1.807) is 12.1 Å². The van der Waals surface area contributed by atoms with Crippen molar-refractivity contribution in [3.63, 3.8) is 0 Å². The molecule has 0 bridgehead atoms. The molecule has 0 aliphatic carbocycles. The molecule has 0 aliphatic rings. The Hall–Kier alpha value is -2.17. The van der Waals surface area contributed by atoms with Crippen molar-refractivity contribution in [2.45, 2.75) is 11.1 Å². The number of hydrogen-bond acceptors (Lipinski definition) is 3. The highest BCUT2D eigenvalue weighted by atomic mass is 79.9. The highest BCUT2D eigenvalue weighted by Crippen LogP contribution is 2.41. The Labute approximate surface area is 155 Å². The summed E-state index contributed by atoms with van der Waals surface area (Å²) in [5.74, 6) is 0. The van der Waals surface area contributed by atoms with Gasteiger partial charge in [-0.15, -0.1) is 0 Å². The minimum Gasteiger partial charge on any atom is -0.272 e. The van der Waals surface area contributed by atoms with Crippen molar-refractivity contribution < 1.29 is 21.6 Å². The van der Waals surface area contributed by atoms with Crippen LogP contribution >= 0.6 is 15.9 Å². The molecule has 1 heterocycles. The summed E-state index contributed by atoms with van der Waals surface area (Å²) in [4.78, 5) is -0.141. The molecule has 3 rings (SSSR count). The van der Waals surface area contributed by atoms with Crippen LogP contribution in [0.1, 0.15) is 5.69 Å². The van der Waals surface area contributed by atoms with Crippen molar-refractivity contribution in [3.05, 3.63) is 58.7 Å². The number of primary sulfonamides is 1. The first-order valence-corrected chi connectivity index (χ1v) is 9.46. The lowest BCUT2D eigenvalue weighted by molar-refractivity contribution is -0.140. The molecule has 0 saturated carbocycles. The average molecular weight is 446 g/mol. The Balaban J connectivity index is 2.19. The Bertz CT molecular complexity index is 1040. The van der Waals surface area contributed by atoms with E-state index in [-0.39, 0.29) is 16.2 Å². The standard InChI is InChI=1S/C16H11BrF3N3O2S/c17-11-5-1-9(2-6-11)13-14(22-23-15(13)16(18,19)20)10-3-7-12(8-4-10)26(21,24)25/h1-8H,(H,22,23)(H2,21,24,25). The van der Waals surface area contributed by atoms with Crippen LogP contribution < -0.4 is 5.14 Å². The van der Waals surface area contributed by atoms with Gasteiger partial charge >= 0.3 is 6.18 Å². The fourth-order valence-electron chi connectivity index (χ4n) is 2.46. The van der Waals surface area contributed by atoms with E-state index < -0.39 is 21.9 Å². The Morgan fingerprint density at radius 1 is 0.962 bits per heavy atom. The van der Waals surface area contributed by atoms with Gasteiger partial charge in [-0.05, 0) is 29.8 Å². The fourth-order valence-corrected chi connectivity index (χ4v) is 3.24. The molecular formula is C16H11BrF3N3O2S. The van der Waals surface area contributed by atoms with Crippen molar-refractivity contribution >= 4 is 26.0 Å². The molecule has 0 unspecified atom stereocenters. The van der Waals surface area contributed by atoms with Gasteiger partial charge in [-0.25, -0.2) is 13.6 Å². The number of aromatic amines is 1. The molecule has 3 aromatic rings. The molecule has 26 heavy (non-hydrogen) atoms. The van der Waals surface area contributed by atoms with Crippen LogP contribution in [0.4, 0.5) is 13.2 Å². The van der Waals surface area contributed by atoms with Gasteiger partial charge < -0.3 is 0 Å². The van der Waals surface area contributed by atoms with Crippen molar-refractivity contribution in [2.24, 2.45) is 5.14 Å². The molecule has 136 valence electrons. The third-order valence-corrected chi connectivity index (χ3v) is 5.10. The molecule has 0 aliphatic heterocycles. The zero-order chi connectivity index (χ0) is 19.1. The summed E-state index contributed by atoms with van der Waals surface area (Å²) in [7, 11) is -3.90. The summed E-state index contributed by atoms with van der Waals surface area (Å²) in [5, 5.41) is 10.9. The summed E-state index contributed by atoms with van der Waals surface area (Å²) >= 11 is 3.24. The fraction of sp³-hybridized carbons (Fsp3) is 0.0625. The largest absolute Gasteiger partial charge is 0.433 e. The number of hydrogen-bond donors (Lipinski definition) is 2. The average Bonchev–Trinajstić information content (AvgIpc) is 3.00. The van der Waals surface area contributed by atoms with Gasteiger partial charge in [-0.3, -0.25) is 5.10 Å². The van der Waals surface area contributed by atoms with E-state index in [1.165, 1.54) is 36.4 Å². The number of H-pyrrole nitrogens is 1.